The number of aromatic nitrogens is 1. The van der Waals surface area contributed by atoms with Crippen molar-refractivity contribution in [2.45, 2.75) is 25.4 Å². The van der Waals surface area contributed by atoms with Crippen molar-refractivity contribution in [3.8, 4) is 6.07 Å². The summed E-state index contributed by atoms with van der Waals surface area (Å²) in [4.78, 5) is 15.3. The van der Waals surface area contributed by atoms with E-state index in [1.165, 1.54) is 13.8 Å². The van der Waals surface area contributed by atoms with Crippen molar-refractivity contribution in [3.63, 3.8) is 0 Å². The zero-order valence-electron chi connectivity index (χ0n) is 10.6. The molecule has 4 nitrogen and oxygen atoms in total. The first-order chi connectivity index (χ1) is 9.16. The molecule has 0 spiro atoms. The van der Waals surface area contributed by atoms with Crippen LogP contribution >= 0.6 is 11.6 Å². The zero-order valence-corrected chi connectivity index (χ0v) is 11.3. The van der Waals surface area contributed by atoms with E-state index >= 15 is 0 Å². The third kappa shape index (κ3) is 3.02. The van der Waals surface area contributed by atoms with Gasteiger partial charge in [0.15, 0.2) is 5.41 Å². The minimum atomic E-state index is -4.61. The number of rotatable bonds is 3. The van der Waals surface area contributed by atoms with Gasteiger partial charge >= 0.3 is 12.1 Å². The Bertz CT molecular complexity index is 569. The predicted octanol–water partition coefficient (Wildman–Crippen LogP) is 3.10. The highest BCUT2D eigenvalue weighted by Gasteiger charge is 2.41. The van der Waals surface area contributed by atoms with Crippen molar-refractivity contribution in [1.29, 1.82) is 5.26 Å². The number of nitriles is 1. The summed E-state index contributed by atoms with van der Waals surface area (Å²) in [7, 11) is 0. The van der Waals surface area contributed by atoms with Crippen molar-refractivity contribution in [2.24, 2.45) is 0 Å². The minimum Gasteiger partial charge on any atom is -0.465 e. The lowest BCUT2D eigenvalue weighted by Crippen LogP contribution is -2.34. The fourth-order valence-electron chi connectivity index (χ4n) is 1.43. The fraction of sp³-hybridized carbons (Fsp3) is 0.417. The Labute approximate surface area is 118 Å². The first kappa shape index (κ1) is 16.2. The van der Waals surface area contributed by atoms with E-state index in [1.54, 1.807) is 6.07 Å². The number of nitrogens with zero attached hydrogens (tertiary/aromatic N) is 2. The summed E-state index contributed by atoms with van der Waals surface area (Å²) in [5.41, 5.74) is -3.19. The average Bonchev–Trinajstić information content (AvgIpc) is 2.36. The first-order valence-corrected chi connectivity index (χ1v) is 5.86. The molecule has 0 aliphatic rings. The van der Waals surface area contributed by atoms with E-state index in [0.717, 1.165) is 0 Å². The van der Waals surface area contributed by atoms with Gasteiger partial charge in [-0.25, -0.2) is 4.79 Å². The van der Waals surface area contributed by atoms with Crippen LogP contribution in [0.5, 0.6) is 0 Å². The second-order valence-corrected chi connectivity index (χ2v) is 4.42. The van der Waals surface area contributed by atoms with Gasteiger partial charge in [-0.3, -0.25) is 4.98 Å². The van der Waals surface area contributed by atoms with Crippen molar-refractivity contribution >= 4 is 17.6 Å². The number of carbonyl (C=O) groups is 1. The molecular weight excluding hydrogens is 297 g/mol. The van der Waals surface area contributed by atoms with Gasteiger partial charge in [-0.2, -0.15) is 18.4 Å². The summed E-state index contributed by atoms with van der Waals surface area (Å²) in [5, 5.41) is 8.70. The molecule has 8 heteroatoms. The van der Waals surface area contributed by atoms with Gasteiger partial charge in [-0.15, -0.1) is 0 Å². The number of esters is 1. The van der Waals surface area contributed by atoms with Gasteiger partial charge in [0, 0.05) is 6.20 Å². The Morgan fingerprint density at radius 3 is 2.55 bits per heavy atom. The summed E-state index contributed by atoms with van der Waals surface area (Å²) in [6.07, 6.45) is -4.09. The standard InChI is InChI=1S/C12H10ClF3N2O2/c1-3-20-10(19)11(2,6-17)9-8(13)4-7(5-18-9)12(14,15)16/h4-5H,3H2,1-2H3. The van der Waals surface area contributed by atoms with E-state index < -0.39 is 28.1 Å². The molecule has 0 fully saturated rings. The molecule has 1 aromatic heterocycles. The van der Waals surface area contributed by atoms with Crippen LogP contribution in [0.3, 0.4) is 0 Å². The Kier molecular flexibility index (Phi) is 4.61. The van der Waals surface area contributed by atoms with Gasteiger partial charge in [0.2, 0.25) is 0 Å². The Hall–Kier alpha value is -1.81. The molecule has 0 amide bonds. The van der Waals surface area contributed by atoms with E-state index in [0.29, 0.717) is 12.3 Å². The summed E-state index contributed by atoms with van der Waals surface area (Å²) < 4.78 is 42.2. The van der Waals surface area contributed by atoms with Crippen LogP contribution in [0.2, 0.25) is 5.02 Å². The Morgan fingerprint density at radius 1 is 1.55 bits per heavy atom. The molecule has 1 unspecified atom stereocenters. The Balaban J connectivity index is 3.32. The highest BCUT2D eigenvalue weighted by Crippen LogP contribution is 2.35. The second kappa shape index (κ2) is 5.67. The lowest BCUT2D eigenvalue weighted by atomic mass is 9.88. The lowest BCUT2D eigenvalue weighted by Gasteiger charge is -2.20. The van der Waals surface area contributed by atoms with Gasteiger partial charge in [0.1, 0.15) is 0 Å². The maximum atomic E-state index is 12.5. The second-order valence-electron chi connectivity index (χ2n) is 4.01. The van der Waals surface area contributed by atoms with Crippen LogP contribution in [-0.4, -0.2) is 17.6 Å². The monoisotopic (exact) mass is 306 g/mol. The summed E-state index contributed by atoms with van der Waals surface area (Å²) in [6.45, 7) is 2.75. The third-order valence-electron chi connectivity index (χ3n) is 2.55. The molecule has 20 heavy (non-hydrogen) atoms. The third-order valence-corrected chi connectivity index (χ3v) is 2.84. The minimum absolute atomic E-state index is 0.0222. The maximum Gasteiger partial charge on any atom is 0.417 e. The van der Waals surface area contributed by atoms with Crippen molar-refractivity contribution in [1.82, 2.24) is 4.98 Å². The predicted molar refractivity (Wildman–Crippen MR) is 63.8 cm³/mol. The molecule has 1 atom stereocenters. The molecule has 0 N–H and O–H groups in total. The zero-order chi connectivity index (χ0) is 15.6. The van der Waals surface area contributed by atoms with E-state index in [2.05, 4.69) is 4.98 Å². The topological polar surface area (TPSA) is 63.0 Å². The Morgan fingerprint density at radius 2 is 2.15 bits per heavy atom. The highest BCUT2D eigenvalue weighted by molar-refractivity contribution is 6.31. The van der Waals surface area contributed by atoms with Crippen molar-refractivity contribution < 1.29 is 22.7 Å². The van der Waals surface area contributed by atoms with Gasteiger partial charge in [-0.05, 0) is 19.9 Å². The summed E-state index contributed by atoms with van der Waals surface area (Å²) in [5.74, 6) is -0.920. The van der Waals surface area contributed by atoms with Crippen molar-refractivity contribution in [2.75, 3.05) is 6.61 Å². The molecule has 0 aromatic carbocycles. The molecule has 0 aliphatic heterocycles. The van der Waals surface area contributed by atoms with E-state index in [9.17, 15) is 18.0 Å². The van der Waals surface area contributed by atoms with Crippen LogP contribution < -0.4 is 0 Å². The molecule has 0 radical (unpaired) electrons. The lowest BCUT2D eigenvalue weighted by molar-refractivity contribution is -0.147. The molecular formula is C12H10ClF3N2O2. The largest absolute Gasteiger partial charge is 0.465 e. The van der Waals surface area contributed by atoms with Crippen LogP contribution in [0.25, 0.3) is 0 Å². The number of hydrogen-bond acceptors (Lipinski definition) is 4. The smallest absolute Gasteiger partial charge is 0.417 e. The van der Waals surface area contributed by atoms with Gasteiger partial charge in [0.05, 0.1) is 29.0 Å². The van der Waals surface area contributed by atoms with E-state index in [4.69, 9.17) is 21.6 Å². The first-order valence-electron chi connectivity index (χ1n) is 5.48. The number of alkyl halides is 3. The number of halogens is 4. The normalized spacial score (nSPS) is 14.2. The van der Waals surface area contributed by atoms with Crippen LogP contribution in [-0.2, 0) is 21.1 Å². The number of carbonyl (C=O) groups excluding carboxylic acids is 1. The molecule has 1 heterocycles. The van der Waals surface area contributed by atoms with Gasteiger partial charge < -0.3 is 4.74 Å². The van der Waals surface area contributed by atoms with Crippen molar-refractivity contribution in [3.05, 3.63) is 28.5 Å². The average molecular weight is 307 g/mol. The SMILES string of the molecule is CCOC(=O)C(C)(C#N)c1ncc(C(F)(F)F)cc1Cl. The molecule has 0 aliphatic carbocycles. The molecule has 108 valence electrons. The van der Waals surface area contributed by atoms with Crippen LogP contribution in [0.4, 0.5) is 13.2 Å². The number of ether oxygens (including phenoxy) is 1. The molecule has 0 saturated carbocycles. The quantitative estimate of drug-likeness (QED) is 0.805. The summed E-state index contributed by atoms with van der Waals surface area (Å²) in [6, 6.07) is 2.30. The highest BCUT2D eigenvalue weighted by atomic mass is 35.5. The number of pyridine rings is 1. The van der Waals surface area contributed by atoms with Crippen LogP contribution in [0.15, 0.2) is 12.3 Å². The van der Waals surface area contributed by atoms with Gasteiger partial charge in [0.25, 0.3) is 0 Å². The van der Waals surface area contributed by atoms with Crippen LogP contribution in [0.1, 0.15) is 25.1 Å². The molecule has 1 rings (SSSR count). The molecule has 1 aromatic rings. The fourth-order valence-corrected chi connectivity index (χ4v) is 1.79. The van der Waals surface area contributed by atoms with E-state index in [-0.39, 0.29) is 12.3 Å². The van der Waals surface area contributed by atoms with Gasteiger partial charge in [-0.1, -0.05) is 11.6 Å². The molecule has 0 saturated heterocycles. The number of hydrogen-bond donors (Lipinski definition) is 0. The van der Waals surface area contributed by atoms with Crippen LogP contribution in [0, 0.1) is 11.3 Å². The summed E-state index contributed by atoms with van der Waals surface area (Å²) >= 11 is 5.72. The van der Waals surface area contributed by atoms with E-state index in [1.807, 2.05) is 0 Å². The molecule has 0 bridgehead atoms. The maximum absolute atomic E-state index is 12.5.